The first kappa shape index (κ1) is 29.9. The molecule has 0 aliphatic carbocycles. The van der Waals surface area contributed by atoms with Crippen molar-refractivity contribution >= 4 is 30.0 Å². The van der Waals surface area contributed by atoms with Gasteiger partial charge in [0.1, 0.15) is 30.1 Å². The smallest absolute Gasteiger partial charge is 0.387 e. The standard InChI is InChI=1S/C30H31FN7O5P/c1-29(31)27(39)25(43-30(29,18-32)26-12-11-24-28(33)35-19-36-38(24)26)17-42-44(40,41-16-20-7-3-2-4-8-20)37-14-13-21-15-34-23-10-6-5-9-22(21)23/h2-12,15,19,25,27,34,39H,13-14,16-17H2,1H3,(H,37,40)(H2,33,35,36)/t25?,27-,29-,30+,44?/m1/s1. The van der Waals surface area contributed by atoms with E-state index in [-0.39, 0.29) is 24.7 Å². The number of benzene rings is 2. The molecule has 1 aliphatic heterocycles. The number of hydrogen-bond acceptors (Lipinski definition) is 9. The van der Waals surface area contributed by atoms with E-state index >= 15 is 4.39 Å². The van der Waals surface area contributed by atoms with E-state index in [9.17, 15) is 14.9 Å². The maximum Gasteiger partial charge on any atom is 0.405 e. The van der Waals surface area contributed by atoms with Crippen LogP contribution in [0.5, 0.6) is 0 Å². The van der Waals surface area contributed by atoms with Crippen molar-refractivity contribution < 1.29 is 27.8 Å². The molecule has 0 bridgehead atoms. The molecule has 1 saturated heterocycles. The van der Waals surface area contributed by atoms with Gasteiger partial charge in [0.15, 0.2) is 11.5 Å². The molecule has 0 saturated carbocycles. The molecule has 12 nitrogen and oxygen atoms in total. The number of alkyl halides is 1. The lowest BCUT2D eigenvalue weighted by Crippen LogP contribution is -2.48. The number of rotatable bonds is 11. The van der Waals surface area contributed by atoms with Gasteiger partial charge in [-0.3, -0.25) is 9.05 Å². The van der Waals surface area contributed by atoms with Gasteiger partial charge in [-0.1, -0.05) is 48.5 Å². The first-order valence-electron chi connectivity index (χ1n) is 14.0. The van der Waals surface area contributed by atoms with Crippen LogP contribution in [0.2, 0.25) is 0 Å². The van der Waals surface area contributed by atoms with Crippen LogP contribution in [0.15, 0.2) is 79.3 Å². The summed E-state index contributed by atoms with van der Waals surface area (Å²) in [6.45, 7) is 0.710. The van der Waals surface area contributed by atoms with Crippen molar-refractivity contribution in [1.82, 2.24) is 24.7 Å². The summed E-state index contributed by atoms with van der Waals surface area (Å²) in [5.41, 5.74) is 4.10. The third kappa shape index (κ3) is 5.26. The van der Waals surface area contributed by atoms with Gasteiger partial charge < -0.3 is 20.6 Å². The number of aliphatic hydroxyl groups is 1. The second-order valence-corrected chi connectivity index (χ2v) is 12.5. The number of anilines is 1. The highest BCUT2D eigenvalue weighted by molar-refractivity contribution is 7.51. The zero-order chi connectivity index (χ0) is 31.0. The Labute approximate surface area is 252 Å². The molecule has 1 aliphatic rings. The predicted octanol–water partition coefficient (Wildman–Crippen LogP) is 4.17. The van der Waals surface area contributed by atoms with Gasteiger partial charge in [-0.25, -0.2) is 23.5 Å². The molecule has 0 amide bonds. The van der Waals surface area contributed by atoms with Crippen molar-refractivity contribution in [2.45, 2.75) is 43.4 Å². The fraction of sp³-hybridized carbons (Fsp3) is 0.300. The number of nitriles is 1. The van der Waals surface area contributed by atoms with Gasteiger partial charge in [0, 0.05) is 23.6 Å². The van der Waals surface area contributed by atoms with E-state index in [1.807, 2.05) is 66.9 Å². The zero-order valence-electron chi connectivity index (χ0n) is 23.8. The molecule has 228 valence electrons. The molecule has 2 unspecified atom stereocenters. The summed E-state index contributed by atoms with van der Waals surface area (Å²) in [7, 11) is -4.04. The maximum absolute atomic E-state index is 16.4. The third-order valence-electron chi connectivity index (χ3n) is 7.95. The van der Waals surface area contributed by atoms with Gasteiger partial charge >= 0.3 is 7.75 Å². The Morgan fingerprint density at radius 2 is 1.98 bits per heavy atom. The van der Waals surface area contributed by atoms with Crippen LogP contribution in [0, 0.1) is 11.3 Å². The van der Waals surface area contributed by atoms with Crippen molar-refractivity contribution in [3.63, 3.8) is 0 Å². The Morgan fingerprint density at radius 3 is 2.77 bits per heavy atom. The summed E-state index contributed by atoms with van der Waals surface area (Å²) in [6, 6.07) is 21.8. The number of H-pyrrole nitrogens is 1. The molecule has 44 heavy (non-hydrogen) atoms. The lowest BCUT2D eigenvalue weighted by atomic mass is 9.82. The predicted molar refractivity (Wildman–Crippen MR) is 160 cm³/mol. The first-order valence-corrected chi connectivity index (χ1v) is 15.5. The van der Waals surface area contributed by atoms with E-state index < -0.39 is 37.8 Å². The zero-order valence-corrected chi connectivity index (χ0v) is 24.7. The molecule has 4 heterocycles. The Balaban J connectivity index is 1.21. The summed E-state index contributed by atoms with van der Waals surface area (Å²) in [5, 5.41) is 29.4. The number of nitrogen functional groups attached to an aromatic ring is 1. The largest absolute Gasteiger partial charge is 0.405 e. The van der Waals surface area contributed by atoms with Crippen molar-refractivity contribution in [3.8, 4) is 6.07 Å². The van der Waals surface area contributed by atoms with Crippen LogP contribution in [0.25, 0.3) is 16.4 Å². The minimum absolute atomic E-state index is 0.0102. The van der Waals surface area contributed by atoms with Crippen LogP contribution in [-0.2, 0) is 37.0 Å². The molecule has 0 radical (unpaired) electrons. The number of nitrogens with two attached hydrogens (primary N) is 1. The second-order valence-electron chi connectivity index (χ2n) is 10.7. The summed E-state index contributed by atoms with van der Waals surface area (Å²) in [4.78, 5) is 7.13. The third-order valence-corrected chi connectivity index (χ3v) is 9.52. The molecular formula is C30H31FN7O5P. The van der Waals surface area contributed by atoms with Crippen molar-refractivity contribution in [3.05, 3.63) is 96.1 Å². The highest BCUT2D eigenvalue weighted by atomic mass is 31.2. The fourth-order valence-corrected chi connectivity index (χ4v) is 6.82. The molecular weight excluding hydrogens is 588 g/mol. The van der Waals surface area contributed by atoms with Crippen LogP contribution in [0.3, 0.4) is 0 Å². The average Bonchev–Trinajstić information content (AvgIpc) is 3.71. The lowest BCUT2D eigenvalue weighted by Gasteiger charge is -2.30. The number of hydrogen-bond donors (Lipinski definition) is 4. The van der Waals surface area contributed by atoms with Crippen LogP contribution in [-0.4, -0.2) is 55.7 Å². The van der Waals surface area contributed by atoms with Gasteiger partial charge in [-0.15, -0.1) is 0 Å². The molecule has 6 rings (SSSR count). The normalized spacial score (nSPS) is 24.9. The Kier molecular flexibility index (Phi) is 7.98. The Hall–Kier alpha value is -4.15. The van der Waals surface area contributed by atoms with Crippen LogP contribution in [0.1, 0.15) is 23.7 Å². The number of para-hydroxylation sites is 1. The monoisotopic (exact) mass is 619 g/mol. The molecule has 5 aromatic rings. The summed E-state index contributed by atoms with van der Waals surface area (Å²) in [5.74, 6) is 0.119. The molecule has 2 aromatic carbocycles. The molecule has 3 aromatic heterocycles. The van der Waals surface area contributed by atoms with E-state index in [1.54, 1.807) is 0 Å². The number of fused-ring (bicyclic) bond motifs is 2. The molecule has 0 spiro atoms. The summed E-state index contributed by atoms with van der Waals surface area (Å²) >= 11 is 0. The molecule has 5 atom stereocenters. The van der Waals surface area contributed by atoms with Crippen LogP contribution in [0.4, 0.5) is 10.2 Å². The number of aromatic nitrogens is 4. The summed E-state index contributed by atoms with van der Waals surface area (Å²) in [6.07, 6.45) is 0.333. The maximum atomic E-state index is 16.4. The first-order chi connectivity index (χ1) is 21.2. The van der Waals surface area contributed by atoms with E-state index in [2.05, 4.69) is 20.2 Å². The molecule has 5 N–H and O–H groups in total. The Bertz CT molecular complexity index is 1870. The van der Waals surface area contributed by atoms with Crippen molar-refractivity contribution in [2.24, 2.45) is 0 Å². The molecule has 1 fully saturated rings. The topological polar surface area (TPSA) is 173 Å². The summed E-state index contributed by atoms with van der Waals surface area (Å²) < 4.78 is 49.1. The van der Waals surface area contributed by atoms with Crippen LogP contribution < -0.4 is 10.8 Å². The minimum Gasteiger partial charge on any atom is -0.387 e. The SMILES string of the molecule is C[C@@]1(F)[C@H](O)C(COP(=O)(NCCc2c[nH]c3ccccc23)OCc2ccccc2)O[C@@]1(C#N)c1ccc2c(N)ncnn12. The van der Waals surface area contributed by atoms with Crippen molar-refractivity contribution in [1.29, 1.82) is 5.26 Å². The van der Waals surface area contributed by atoms with Gasteiger partial charge in [-0.05, 0) is 42.7 Å². The highest BCUT2D eigenvalue weighted by Crippen LogP contribution is 2.51. The van der Waals surface area contributed by atoms with Gasteiger partial charge in [-0.2, -0.15) is 10.4 Å². The fourth-order valence-electron chi connectivity index (χ4n) is 5.51. The van der Waals surface area contributed by atoms with Gasteiger partial charge in [0.25, 0.3) is 0 Å². The van der Waals surface area contributed by atoms with E-state index in [4.69, 9.17) is 19.5 Å². The number of aromatic amines is 1. The highest BCUT2D eigenvalue weighted by Gasteiger charge is 2.67. The van der Waals surface area contributed by atoms with Crippen LogP contribution >= 0.6 is 7.75 Å². The second kappa shape index (κ2) is 11.7. The quantitative estimate of drug-likeness (QED) is 0.157. The van der Waals surface area contributed by atoms with Gasteiger partial charge in [0.2, 0.25) is 5.60 Å². The Morgan fingerprint density at radius 1 is 1.20 bits per heavy atom. The molecule has 14 heteroatoms. The van der Waals surface area contributed by atoms with E-state index in [1.165, 1.54) is 23.0 Å². The average molecular weight is 620 g/mol. The lowest BCUT2D eigenvalue weighted by molar-refractivity contribution is -0.0707. The number of nitrogens with one attached hydrogen (secondary N) is 2. The number of nitrogens with zero attached hydrogens (tertiary/aromatic N) is 4. The van der Waals surface area contributed by atoms with E-state index in [0.717, 1.165) is 29.0 Å². The number of aliphatic hydroxyl groups excluding tert-OH is 1. The van der Waals surface area contributed by atoms with E-state index in [0.29, 0.717) is 11.9 Å². The minimum atomic E-state index is -4.04. The number of ether oxygens (including phenoxy) is 1. The number of halogens is 1. The van der Waals surface area contributed by atoms with Gasteiger partial charge in [0.05, 0.1) is 18.9 Å². The van der Waals surface area contributed by atoms with Crippen molar-refractivity contribution in [2.75, 3.05) is 18.9 Å².